The van der Waals surface area contributed by atoms with Crippen LogP contribution in [-0.4, -0.2) is 49.7 Å². The van der Waals surface area contributed by atoms with Crippen LogP contribution in [0, 0.1) is 5.92 Å². The molecule has 1 heterocycles. The summed E-state index contributed by atoms with van der Waals surface area (Å²) in [4.78, 5) is 2.69. The van der Waals surface area contributed by atoms with Crippen LogP contribution in [0.1, 0.15) is 51.0 Å². The molecule has 0 unspecified atom stereocenters. The number of anilines is 1. The van der Waals surface area contributed by atoms with Gasteiger partial charge in [-0.1, -0.05) is 56.4 Å². The van der Waals surface area contributed by atoms with Crippen molar-refractivity contribution < 1.29 is 26.7 Å². The molecule has 0 spiro atoms. The largest absolute Gasteiger partial charge is 0.421 e. The van der Waals surface area contributed by atoms with Crippen molar-refractivity contribution in [3.63, 3.8) is 0 Å². The molecule has 2 aromatic carbocycles. The van der Waals surface area contributed by atoms with Gasteiger partial charge in [-0.15, -0.1) is 12.6 Å². The highest BCUT2D eigenvalue weighted by molar-refractivity contribution is 7.90. The lowest BCUT2D eigenvalue weighted by Crippen LogP contribution is -2.55. The van der Waals surface area contributed by atoms with Crippen molar-refractivity contribution in [1.29, 1.82) is 0 Å². The molecule has 1 aliphatic carbocycles. The first-order valence-electron chi connectivity index (χ1n) is 12.4. The molecule has 1 aliphatic heterocycles. The number of piperazine rings is 1. The zero-order chi connectivity index (χ0) is 26.1. The minimum atomic E-state index is -4.79. The van der Waals surface area contributed by atoms with Crippen molar-refractivity contribution in [2.45, 2.75) is 73.1 Å². The lowest BCUT2D eigenvalue weighted by molar-refractivity contribution is -0.258. The zero-order valence-corrected chi connectivity index (χ0v) is 22.0. The van der Waals surface area contributed by atoms with Gasteiger partial charge < -0.3 is 10.0 Å². The molecule has 198 valence electrons. The minimum Gasteiger partial charge on any atom is -0.376 e. The molecule has 2 aromatic rings. The van der Waals surface area contributed by atoms with E-state index < -0.39 is 21.8 Å². The van der Waals surface area contributed by atoms with E-state index in [0.29, 0.717) is 23.9 Å². The molecule has 4 rings (SSSR count). The Hall–Kier alpha value is -1.75. The molecular formula is C26H33F3N2O3S2. The van der Waals surface area contributed by atoms with E-state index in [1.54, 1.807) is 36.4 Å². The van der Waals surface area contributed by atoms with Crippen LogP contribution >= 0.6 is 12.6 Å². The van der Waals surface area contributed by atoms with Crippen LogP contribution in [0.2, 0.25) is 0 Å². The van der Waals surface area contributed by atoms with Crippen molar-refractivity contribution in [1.82, 2.24) is 4.31 Å². The molecule has 1 saturated heterocycles. The van der Waals surface area contributed by atoms with E-state index in [0.717, 1.165) is 44.7 Å². The first kappa shape index (κ1) is 27.3. The summed E-state index contributed by atoms with van der Waals surface area (Å²) < 4.78 is 68.3. The predicted octanol–water partition coefficient (Wildman–Crippen LogP) is 5.60. The fourth-order valence-corrected chi connectivity index (χ4v) is 7.41. The van der Waals surface area contributed by atoms with Crippen LogP contribution in [-0.2, 0) is 15.6 Å². The third-order valence-corrected chi connectivity index (χ3v) is 10.0. The monoisotopic (exact) mass is 542 g/mol. The van der Waals surface area contributed by atoms with E-state index in [4.69, 9.17) is 0 Å². The van der Waals surface area contributed by atoms with Crippen molar-refractivity contribution in [2.75, 3.05) is 24.5 Å². The van der Waals surface area contributed by atoms with E-state index in [1.165, 1.54) is 22.9 Å². The summed E-state index contributed by atoms with van der Waals surface area (Å²) in [5.41, 5.74) is -2.45. The lowest BCUT2D eigenvalue weighted by atomic mass is 9.84. The van der Waals surface area contributed by atoms with Gasteiger partial charge in [0.25, 0.3) is 0 Å². The summed E-state index contributed by atoms with van der Waals surface area (Å²) in [7, 11) is -3.74. The standard InChI is InChI=1S/C26H33F3N2O3S2/c1-25(32,26(27,28)29)20-11-13-21(14-12-20)31-16-15-30(18-22(31)17-19-7-3-2-4-8-19)36(33,34)24-10-6-5-9-23(24)35/h5-6,9-14,19,22,32,35H,2-4,7-8,15-18H2,1H3/t22-,25+/m1/s1. The second-order valence-corrected chi connectivity index (χ2v) is 12.4. The number of alkyl halides is 3. The Balaban J connectivity index is 1.60. The number of rotatable bonds is 6. The van der Waals surface area contributed by atoms with E-state index in [2.05, 4.69) is 17.5 Å². The lowest BCUT2D eigenvalue weighted by Gasteiger charge is -2.44. The Labute approximate surface area is 216 Å². The van der Waals surface area contributed by atoms with E-state index >= 15 is 0 Å². The highest BCUT2D eigenvalue weighted by Gasteiger charge is 2.51. The minimum absolute atomic E-state index is 0.113. The van der Waals surface area contributed by atoms with Crippen molar-refractivity contribution >= 4 is 28.3 Å². The van der Waals surface area contributed by atoms with Crippen molar-refractivity contribution in [2.24, 2.45) is 5.92 Å². The van der Waals surface area contributed by atoms with Gasteiger partial charge in [0.15, 0.2) is 5.60 Å². The highest BCUT2D eigenvalue weighted by Crippen LogP contribution is 2.40. The van der Waals surface area contributed by atoms with Gasteiger partial charge in [0.05, 0.1) is 4.90 Å². The molecule has 1 saturated carbocycles. The van der Waals surface area contributed by atoms with Crippen LogP contribution in [0.15, 0.2) is 58.3 Å². The normalized spacial score (nSPS) is 22.4. The molecule has 0 amide bonds. The quantitative estimate of drug-likeness (QED) is 0.467. The first-order valence-corrected chi connectivity index (χ1v) is 14.2. The Kier molecular flexibility index (Phi) is 8.00. The van der Waals surface area contributed by atoms with E-state index in [1.807, 2.05) is 0 Å². The number of halogens is 3. The number of sulfonamides is 1. The summed E-state index contributed by atoms with van der Waals surface area (Å²) in [6.45, 7) is 1.72. The van der Waals surface area contributed by atoms with Gasteiger partial charge in [0.1, 0.15) is 0 Å². The Morgan fingerprint density at radius 3 is 2.25 bits per heavy atom. The van der Waals surface area contributed by atoms with Gasteiger partial charge in [-0.2, -0.15) is 17.5 Å². The smallest absolute Gasteiger partial charge is 0.376 e. The summed E-state index contributed by atoms with van der Waals surface area (Å²) in [6, 6.07) is 12.3. The van der Waals surface area contributed by atoms with Gasteiger partial charge >= 0.3 is 6.18 Å². The maximum atomic E-state index is 13.5. The SMILES string of the molecule is C[C@](O)(c1ccc(N2CCN(S(=O)(=O)c3ccccc3S)C[C@H]2CC2CCCCC2)cc1)C(F)(F)F. The Bertz CT molecular complexity index is 1150. The third kappa shape index (κ3) is 5.56. The molecule has 2 fully saturated rings. The summed E-state index contributed by atoms with van der Waals surface area (Å²) >= 11 is 4.35. The summed E-state index contributed by atoms with van der Waals surface area (Å²) in [5.74, 6) is 0.483. The molecule has 0 radical (unpaired) electrons. The van der Waals surface area contributed by atoms with Crippen LogP contribution in [0.3, 0.4) is 0 Å². The summed E-state index contributed by atoms with van der Waals surface area (Å²) in [5, 5.41) is 10.0. The van der Waals surface area contributed by atoms with Crippen molar-refractivity contribution in [3.8, 4) is 0 Å². The number of nitrogens with zero attached hydrogens (tertiary/aromatic N) is 2. The predicted molar refractivity (Wildman–Crippen MR) is 137 cm³/mol. The van der Waals surface area contributed by atoms with E-state index in [-0.39, 0.29) is 23.0 Å². The number of aliphatic hydroxyl groups is 1. The highest BCUT2D eigenvalue weighted by atomic mass is 32.2. The molecule has 10 heteroatoms. The zero-order valence-electron chi connectivity index (χ0n) is 20.3. The maximum absolute atomic E-state index is 13.5. The fraction of sp³-hybridized carbons (Fsp3) is 0.538. The van der Waals surface area contributed by atoms with Crippen LogP contribution in [0.5, 0.6) is 0 Å². The van der Waals surface area contributed by atoms with Crippen LogP contribution in [0.25, 0.3) is 0 Å². The van der Waals surface area contributed by atoms with Gasteiger partial charge in [-0.25, -0.2) is 8.42 Å². The topological polar surface area (TPSA) is 60.9 Å². The van der Waals surface area contributed by atoms with Gasteiger partial charge in [-0.3, -0.25) is 0 Å². The average molecular weight is 543 g/mol. The second kappa shape index (κ2) is 10.6. The van der Waals surface area contributed by atoms with Gasteiger partial charge in [0.2, 0.25) is 10.0 Å². The fourth-order valence-electron chi connectivity index (χ4n) is 5.35. The molecule has 1 N–H and O–H groups in total. The molecule has 2 atom stereocenters. The molecule has 36 heavy (non-hydrogen) atoms. The molecule has 2 aliphatic rings. The van der Waals surface area contributed by atoms with Crippen molar-refractivity contribution in [3.05, 3.63) is 54.1 Å². The molecule has 5 nitrogen and oxygen atoms in total. The Morgan fingerprint density at radius 1 is 1.00 bits per heavy atom. The Morgan fingerprint density at radius 2 is 1.64 bits per heavy atom. The molecule has 0 bridgehead atoms. The maximum Gasteiger partial charge on any atom is 0.421 e. The number of thiol groups is 1. The third-order valence-electron chi connectivity index (χ3n) is 7.57. The number of benzene rings is 2. The van der Waals surface area contributed by atoms with Crippen LogP contribution < -0.4 is 4.90 Å². The summed E-state index contributed by atoms with van der Waals surface area (Å²) in [6.07, 6.45) is 1.76. The van der Waals surface area contributed by atoms with E-state index in [9.17, 15) is 26.7 Å². The van der Waals surface area contributed by atoms with Gasteiger partial charge in [-0.05, 0) is 49.1 Å². The second-order valence-electron chi connectivity index (χ2n) is 10.0. The molecular weight excluding hydrogens is 509 g/mol. The average Bonchev–Trinajstić information content (AvgIpc) is 2.84. The first-order chi connectivity index (χ1) is 16.9. The number of hydrogen-bond acceptors (Lipinski definition) is 5. The van der Waals surface area contributed by atoms with Gasteiger partial charge in [0, 0.05) is 36.3 Å². The number of hydrogen-bond donors (Lipinski definition) is 2. The van der Waals surface area contributed by atoms with Crippen LogP contribution in [0.4, 0.5) is 18.9 Å². The molecule has 0 aromatic heterocycles.